The van der Waals surface area contributed by atoms with Crippen molar-refractivity contribution in [1.29, 1.82) is 0 Å². The van der Waals surface area contributed by atoms with Crippen molar-refractivity contribution >= 4 is 6.41 Å². The van der Waals surface area contributed by atoms with Crippen molar-refractivity contribution in [2.24, 2.45) is 5.73 Å². The van der Waals surface area contributed by atoms with Crippen molar-refractivity contribution in [2.75, 3.05) is 13.1 Å². The van der Waals surface area contributed by atoms with Crippen LogP contribution in [0.1, 0.15) is 34.1 Å². The van der Waals surface area contributed by atoms with Gasteiger partial charge >= 0.3 is 0 Å². The van der Waals surface area contributed by atoms with Gasteiger partial charge in [-0.3, -0.25) is 4.79 Å². The molecule has 3 heteroatoms. The second kappa shape index (κ2) is 10.4. The molecule has 1 unspecified atom stereocenters. The highest BCUT2D eigenvalue weighted by Gasteiger charge is 2.03. The van der Waals surface area contributed by atoms with Crippen LogP contribution in [0.3, 0.4) is 0 Å². The van der Waals surface area contributed by atoms with Crippen molar-refractivity contribution < 1.29 is 4.79 Å². The summed E-state index contributed by atoms with van der Waals surface area (Å²) in [6, 6.07) is 0.130. The molecule has 1 amide bonds. The number of carbonyl (C=O) groups excluding carboxylic acids is 1. The molecular formula is C9H22N2O. The number of amides is 1. The van der Waals surface area contributed by atoms with Gasteiger partial charge in [-0.2, -0.15) is 0 Å². The maximum absolute atomic E-state index is 10.3. The molecule has 3 nitrogen and oxygen atoms in total. The molecule has 0 heterocycles. The molecule has 0 saturated carbocycles. The van der Waals surface area contributed by atoms with Gasteiger partial charge in [-0.05, 0) is 13.3 Å². The fourth-order valence-electron chi connectivity index (χ4n) is 0.677. The number of hydrogen-bond acceptors (Lipinski definition) is 2. The Labute approximate surface area is 75.9 Å². The fraction of sp³-hybridized carbons (Fsp3) is 0.889. The monoisotopic (exact) mass is 174 g/mol. The quantitative estimate of drug-likeness (QED) is 0.637. The van der Waals surface area contributed by atoms with Gasteiger partial charge in [0.15, 0.2) is 0 Å². The highest BCUT2D eigenvalue weighted by atomic mass is 16.1. The van der Waals surface area contributed by atoms with Gasteiger partial charge < -0.3 is 10.6 Å². The topological polar surface area (TPSA) is 46.3 Å². The Morgan fingerprint density at radius 2 is 1.92 bits per heavy atom. The molecule has 2 N–H and O–H groups in total. The molecule has 74 valence electrons. The van der Waals surface area contributed by atoms with E-state index in [0.29, 0.717) is 6.54 Å². The molecular weight excluding hydrogens is 152 g/mol. The summed E-state index contributed by atoms with van der Waals surface area (Å²) in [7, 11) is 0. The van der Waals surface area contributed by atoms with Gasteiger partial charge in [0.25, 0.3) is 0 Å². The molecule has 0 aromatic carbocycles. The Hall–Kier alpha value is -0.570. The molecule has 0 aliphatic rings. The lowest BCUT2D eigenvalue weighted by atomic mass is 10.2. The molecule has 0 aliphatic heterocycles. The third kappa shape index (κ3) is 7.54. The number of nitrogens with zero attached hydrogens (tertiary/aromatic N) is 1. The van der Waals surface area contributed by atoms with Crippen molar-refractivity contribution in [3.63, 3.8) is 0 Å². The lowest BCUT2D eigenvalue weighted by molar-refractivity contribution is -0.118. The third-order valence-corrected chi connectivity index (χ3v) is 1.55. The summed E-state index contributed by atoms with van der Waals surface area (Å²) in [6.07, 6.45) is 1.76. The number of rotatable bonds is 5. The van der Waals surface area contributed by atoms with Crippen LogP contribution in [0.15, 0.2) is 0 Å². The van der Waals surface area contributed by atoms with Crippen molar-refractivity contribution in [3.8, 4) is 0 Å². The van der Waals surface area contributed by atoms with Crippen molar-refractivity contribution in [2.45, 2.75) is 40.2 Å². The summed E-state index contributed by atoms with van der Waals surface area (Å²) >= 11 is 0. The Kier molecular flexibility index (Phi) is 12.2. The Morgan fingerprint density at radius 1 is 1.42 bits per heavy atom. The van der Waals surface area contributed by atoms with Gasteiger partial charge in [-0.15, -0.1) is 0 Å². The molecule has 0 aromatic heterocycles. The predicted molar refractivity (Wildman–Crippen MR) is 52.9 cm³/mol. The zero-order valence-electron chi connectivity index (χ0n) is 8.71. The van der Waals surface area contributed by atoms with E-state index in [0.717, 1.165) is 19.4 Å². The van der Waals surface area contributed by atoms with E-state index < -0.39 is 0 Å². The molecule has 0 aromatic rings. The Balaban J connectivity index is 0. The van der Waals surface area contributed by atoms with Gasteiger partial charge in [0.05, 0.1) is 0 Å². The minimum Gasteiger partial charge on any atom is -0.344 e. The molecule has 0 radical (unpaired) electrons. The lowest BCUT2D eigenvalue weighted by Crippen LogP contribution is -2.36. The number of likely N-dealkylation sites (N-methyl/N-ethyl adjacent to an activating group) is 1. The maximum Gasteiger partial charge on any atom is 0.209 e. The highest BCUT2D eigenvalue weighted by Crippen LogP contribution is 1.89. The van der Waals surface area contributed by atoms with E-state index in [4.69, 9.17) is 5.73 Å². The fourth-order valence-corrected chi connectivity index (χ4v) is 0.677. The molecule has 0 bridgehead atoms. The van der Waals surface area contributed by atoms with Crippen LogP contribution in [0.2, 0.25) is 0 Å². The summed E-state index contributed by atoms with van der Waals surface area (Å²) in [4.78, 5) is 11.9. The van der Waals surface area contributed by atoms with E-state index in [1.54, 1.807) is 4.90 Å². The van der Waals surface area contributed by atoms with E-state index in [1.807, 2.05) is 27.7 Å². The summed E-state index contributed by atoms with van der Waals surface area (Å²) < 4.78 is 0. The van der Waals surface area contributed by atoms with Gasteiger partial charge in [-0.25, -0.2) is 0 Å². The first-order valence-electron chi connectivity index (χ1n) is 4.69. The Bertz CT molecular complexity index is 96.5. The third-order valence-electron chi connectivity index (χ3n) is 1.55. The van der Waals surface area contributed by atoms with E-state index in [2.05, 4.69) is 0 Å². The first-order valence-corrected chi connectivity index (χ1v) is 4.69. The summed E-state index contributed by atoms with van der Waals surface area (Å²) in [5.74, 6) is 0. The largest absolute Gasteiger partial charge is 0.344 e. The molecule has 0 aliphatic carbocycles. The van der Waals surface area contributed by atoms with Crippen molar-refractivity contribution in [3.05, 3.63) is 0 Å². The average molecular weight is 174 g/mol. The van der Waals surface area contributed by atoms with Crippen LogP contribution < -0.4 is 5.73 Å². The van der Waals surface area contributed by atoms with Crippen LogP contribution in [-0.2, 0) is 4.79 Å². The highest BCUT2D eigenvalue weighted by molar-refractivity contribution is 5.46. The molecule has 1 atom stereocenters. The van der Waals surface area contributed by atoms with Crippen LogP contribution in [-0.4, -0.2) is 30.4 Å². The molecule has 12 heavy (non-hydrogen) atoms. The minimum absolute atomic E-state index is 0.130. The SMILES string of the molecule is CC.CCC(N)CN(C=O)CC. The molecule has 0 rings (SSSR count). The summed E-state index contributed by atoms with van der Waals surface area (Å²) in [5, 5.41) is 0. The standard InChI is InChI=1S/C7H16N2O.C2H6/c1-3-7(8)5-9(4-2)6-10;1-2/h6-7H,3-5,8H2,1-2H3;1-2H3. The van der Waals surface area contributed by atoms with Gasteiger partial charge in [-0.1, -0.05) is 20.8 Å². The van der Waals surface area contributed by atoms with E-state index in [1.165, 1.54) is 0 Å². The zero-order chi connectivity index (χ0) is 9.98. The van der Waals surface area contributed by atoms with E-state index in [-0.39, 0.29) is 6.04 Å². The van der Waals surface area contributed by atoms with E-state index in [9.17, 15) is 4.79 Å². The first kappa shape index (κ1) is 14.0. The smallest absolute Gasteiger partial charge is 0.209 e. The lowest BCUT2D eigenvalue weighted by Gasteiger charge is -2.18. The minimum atomic E-state index is 0.130. The zero-order valence-corrected chi connectivity index (χ0v) is 8.71. The van der Waals surface area contributed by atoms with Crippen LogP contribution in [0.5, 0.6) is 0 Å². The van der Waals surface area contributed by atoms with Gasteiger partial charge in [0.2, 0.25) is 6.41 Å². The second-order valence-electron chi connectivity index (χ2n) is 2.36. The van der Waals surface area contributed by atoms with Gasteiger partial charge in [0, 0.05) is 19.1 Å². The van der Waals surface area contributed by atoms with Gasteiger partial charge in [0.1, 0.15) is 0 Å². The number of carbonyl (C=O) groups is 1. The van der Waals surface area contributed by atoms with Crippen LogP contribution in [0, 0.1) is 0 Å². The summed E-state index contributed by atoms with van der Waals surface area (Å²) in [5.41, 5.74) is 5.62. The molecule has 0 saturated heterocycles. The normalized spacial score (nSPS) is 11.1. The van der Waals surface area contributed by atoms with Crippen LogP contribution in [0.25, 0.3) is 0 Å². The second-order valence-corrected chi connectivity index (χ2v) is 2.36. The van der Waals surface area contributed by atoms with Crippen LogP contribution >= 0.6 is 0 Å². The maximum atomic E-state index is 10.3. The average Bonchev–Trinajstić information content (AvgIpc) is 2.16. The number of hydrogen-bond donors (Lipinski definition) is 1. The number of nitrogens with two attached hydrogens (primary N) is 1. The molecule has 0 fully saturated rings. The Morgan fingerprint density at radius 3 is 2.17 bits per heavy atom. The van der Waals surface area contributed by atoms with Crippen molar-refractivity contribution in [1.82, 2.24) is 4.90 Å². The molecule has 0 spiro atoms. The predicted octanol–water partition coefficient (Wildman–Crippen LogP) is 1.23. The van der Waals surface area contributed by atoms with Crippen LogP contribution in [0.4, 0.5) is 0 Å². The van der Waals surface area contributed by atoms with E-state index >= 15 is 0 Å². The first-order chi connectivity index (χ1) is 5.74. The summed E-state index contributed by atoms with van der Waals surface area (Å²) in [6.45, 7) is 9.38.